The average molecular weight is 155 g/mol. The van der Waals surface area contributed by atoms with Crippen LogP contribution in [-0.4, -0.2) is 25.7 Å². The molecule has 11 heavy (non-hydrogen) atoms. The van der Waals surface area contributed by atoms with Crippen LogP contribution in [-0.2, 0) is 9.53 Å². The van der Waals surface area contributed by atoms with Gasteiger partial charge in [0.05, 0.1) is 13.7 Å². The molecule has 1 N–H and O–H groups in total. The Labute approximate surface area is 67.1 Å². The van der Waals surface area contributed by atoms with E-state index in [-0.39, 0.29) is 12.0 Å². The van der Waals surface area contributed by atoms with Crippen molar-refractivity contribution in [3.8, 4) is 12.3 Å². The van der Waals surface area contributed by atoms with Crippen molar-refractivity contribution in [2.45, 2.75) is 19.4 Å². The fourth-order valence-corrected chi connectivity index (χ4v) is 0.719. The molecule has 62 valence electrons. The Bertz CT molecular complexity index is 160. The molecule has 0 bridgehead atoms. The van der Waals surface area contributed by atoms with Crippen LogP contribution in [0.25, 0.3) is 0 Å². The summed E-state index contributed by atoms with van der Waals surface area (Å²) in [4.78, 5) is 10.9. The number of nitrogens with one attached hydrogen (secondary N) is 1. The molecule has 0 spiro atoms. The first kappa shape index (κ1) is 9.99. The van der Waals surface area contributed by atoms with E-state index in [2.05, 4.69) is 16.0 Å². The summed E-state index contributed by atoms with van der Waals surface area (Å²) in [5.41, 5.74) is 0. The summed E-state index contributed by atoms with van der Waals surface area (Å²) in [5, 5.41) is 2.86. The summed E-state index contributed by atoms with van der Waals surface area (Å²) >= 11 is 0. The molecule has 0 rings (SSSR count). The van der Waals surface area contributed by atoms with E-state index in [0.717, 1.165) is 0 Å². The van der Waals surface area contributed by atoms with Crippen molar-refractivity contribution >= 4 is 5.97 Å². The second-order valence-corrected chi connectivity index (χ2v) is 2.07. The smallest absolute Gasteiger partial charge is 0.322 e. The van der Waals surface area contributed by atoms with Gasteiger partial charge in [-0.1, -0.05) is 12.8 Å². The van der Waals surface area contributed by atoms with Crippen LogP contribution in [0.1, 0.15) is 13.3 Å². The van der Waals surface area contributed by atoms with Gasteiger partial charge >= 0.3 is 5.97 Å². The number of ether oxygens (including phenoxy) is 1. The summed E-state index contributed by atoms with van der Waals surface area (Å²) < 4.78 is 4.53. The highest BCUT2D eigenvalue weighted by Gasteiger charge is 2.14. The first-order valence-corrected chi connectivity index (χ1v) is 3.50. The lowest BCUT2D eigenvalue weighted by Crippen LogP contribution is -2.37. The highest BCUT2D eigenvalue weighted by atomic mass is 16.5. The molecular weight excluding hydrogens is 142 g/mol. The Hall–Kier alpha value is -1.01. The van der Waals surface area contributed by atoms with E-state index in [1.807, 2.05) is 6.92 Å². The first-order valence-electron chi connectivity index (χ1n) is 3.50. The van der Waals surface area contributed by atoms with Crippen molar-refractivity contribution in [1.82, 2.24) is 5.32 Å². The predicted molar refractivity (Wildman–Crippen MR) is 42.9 cm³/mol. The summed E-state index contributed by atoms with van der Waals surface area (Å²) in [6.45, 7) is 2.29. The van der Waals surface area contributed by atoms with Gasteiger partial charge in [-0.15, -0.1) is 6.42 Å². The van der Waals surface area contributed by atoms with Gasteiger partial charge in [0.25, 0.3) is 0 Å². The van der Waals surface area contributed by atoms with E-state index in [4.69, 9.17) is 6.42 Å². The fourth-order valence-electron chi connectivity index (χ4n) is 0.719. The Morgan fingerprint density at radius 3 is 2.82 bits per heavy atom. The van der Waals surface area contributed by atoms with Crippen LogP contribution in [0.5, 0.6) is 0 Å². The van der Waals surface area contributed by atoms with E-state index in [0.29, 0.717) is 13.0 Å². The van der Waals surface area contributed by atoms with Crippen LogP contribution >= 0.6 is 0 Å². The Morgan fingerprint density at radius 1 is 1.82 bits per heavy atom. The van der Waals surface area contributed by atoms with Crippen molar-refractivity contribution in [2.24, 2.45) is 0 Å². The van der Waals surface area contributed by atoms with Crippen molar-refractivity contribution < 1.29 is 9.53 Å². The van der Waals surface area contributed by atoms with Crippen LogP contribution in [0.4, 0.5) is 0 Å². The van der Waals surface area contributed by atoms with Crippen molar-refractivity contribution in [2.75, 3.05) is 13.7 Å². The van der Waals surface area contributed by atoms with Crippen LogP contribution < -0.4 is 5.32 Å². The molecule has 0 radical (unpaired) electrons. The number of carbonyl (C=O) groups is 1. The molecule has 0 aromatic heterocycles. The maximum absolute atomic E-state index is 10.9. The van der Waals surface area contributed by atoms with Gasteiger partial charge in [-0.2, -0.15) is 0 Å². The van der Waals surface area contributed by atoms with Gasteiger partial charge in [0, 0.05) is 0 Å². The van der Waals surface area contributed by atoms with Crippen LogP contribution in [0.2, 0.25) is 0 Å². The van der Waals surface area contributed by atoms with Gasteiger partial charge in [0.15, 0.2) is 0 Å². The minimum absolute atomic E-state index is 0.261. The standard InChI is InChI=1S/C8H13NO2/c1-4-6-9-7(5-2)8(10)11-3/h1,7,9H,5-6H2,2-3H3. The third-order valence-corrected chi connectivity index (χ3v) is 1.34. The molecule has 0 aliphatic rings. The third kappa shape index (κ3) is 3.64. The summed E-state index contributed by atoms with van der Waals surface area (Å²) in [6, 6.07) is -0.268. The summed E-state index contributed by atoms with van der Waals surface area (Å²) in [6.07, 6.45) is 5.70. The maximum atomic E-state index is 10.9. The molecule has 0 aliphatic heterocycles. The summed E-state index contributed by atoms with van der Waals surface area (Å²) in [7, 11) is 1.36. The van der Waals surface area contributed by atoms with Crippen molar-refractivity contribution in [3.05, 3.63) is 0 Å². The number of hydrogen-bond acceptors (Lipinski definition) is 3. The van der Waals surface area contributed by atoms with E-state index in [9.17, 15) is 4.79 Å². The van der Waals surface area contributed by atoms with Crippen molar-refractivity contribution in [1.29, 1.82) is 0 Å². The molecule has 0 aromatic carbocycles. The molecule has 0 saturated heterocycles. The lowest BCUT2D eigenvalue weighted by molar-refractivity contribution is -0.143. The van der Waals surface area contributed by atoms with Gasteiger partial charge in [-0.3, -0.25) is 10.1 Å². The summed E-state index contributed by atoms with van der Waals surface area (Å²) in [5.74, 6) is 2.13. The molecule has 0 aromatic rings. The molecular formula is C8H13NO2. The SMILES string of the molecule is C#CCNC(CC)C(=O)OC. The zero-order valence-electron chi connectivity index (χ0n) is 6.89. The minimum Gasteiger partial charge on any atom is -0.468 e. The number of esters is 1. The number of methoxy groups -OCH3 is 1. The molecule has 0 aliphatic carbocycles. The zero-order valence-corrected chi connectivity index (χ0v) is 6.89. The zero-order chi connectivity index (χ0) is 8.69. The lowest BCUT2D eigenvalue weighted by atomic mass is 10.2. The van der Waals surface area contributed by atoms with Gasteiger partial charge in [-0.25, -0.2) is 0 Å². The van der Waals surface area contributed by atoms with Crippen LogP contribution in [0.15, 0.2) is 0 Å². The number of hydrogen-bond donors (Lipinski definition) is 1. The Balaban J connectivity index is 3.77. The van der Waals surface area contributed by atoms with Gasteiger partial charge in [-0.05, 0) is 6.42 Å². The Morgan fingerprint density at radius 2 is 2.45 bits per heavy atom. The maximum Gasteiger partial charge on any atom is 0.322 e. The highest BCUT2D eigenvalue weighted by molar-refractivity contribution is 5.75. The Kier molecular flexibility index (Phi) is 5.22. The molecule has 0 fully saturated rings. The molecule has 3 heteroatoms. The first-order chi connectivity index (χ1) is 5.26. The second kappa shape index (κ2) is 5.75. The van der Waals surface area contributed by atoms with Gasteiger partial charge in [0.2, 0.25) is 0 Å². The van der Waals surface area contributed by atoms with Crippen LogP contribution in [0, 0.1) is 12.3 Å². The third-order valence-electron chi connectivity index (χ3n) is 1.34. The molecule has 0 amide bonds. The van der Waals surface area contributed by atoms with E-state index < -0.39 is 0 Å². The minimum atomic E-state index is -0.268. The number of carbonyl (C=O) groups excluding carboxylic acids is 1. The highest BCUT2D eigenvalue weighted by Crippen LogP contribution is 1.92. The fraction of sp³-hybridized carbons (Fsp3) is 0.625. The number of terminal acetylenes is 1. The largest absolute Gasteiger partial charge is 0.468 e. The second-order valence-electron chi connectivity index (χ2n) is 2.07. The topological polar surface area (TPSA) is 38.3 Å². The molecule has 0 saturated carbocycles. The van der Waals surface area contributed by atoms with E-state index in [1.54, 1.807) is 0 Å². The molecule has 0 heterocycles. The monoisotopic (exact) mass is 155 g/mol. The molecule has 1 unspecified atom stereocenters. The van der Waals surface area contributed by atoms with Gasteiger partial charge < -0.3 is 4.74 Å². The average Bonchev–Trinajstić information content (AvgIpc) is 2.05. The normalized spacial score (nSPS) is 11.7. The van der Waals surface area contributed by atoms with E-state index >= 15 is 0 Å². The molecule has 1 atom stereocenters. The lowest BCUT2D eigenvalue weighted by Gasteiger charge is -2.11. The predicted octanol–water partition coefficient (Wildman–Crippen LogP) is 0.161. The van der Waals surface area contributed by atoms with Gasteiger partial charge in [0.1, 0.15) is 6.04 Å². The quantitative estimate of drug-likeness (QED) is 0.464. The van der Waals surface area contributed by atoms with E-state index in [1.165, 1.54) is 7.11 Å². The van der Waals surface area contributed by atoms with Crippen LogP contribution in [0.3, 0.4) is 0 Å². The molecule has 3 nitrogen and oxygen atoms in total. The number of rotatable bonds is 4. The van der Waals surface area contributed by atoms with Crippen molar-refractivity contribution in [3.63, 3.8) is 0 Å².